The van der Waals surface area contributed by atoms with E-state index in [1.54, 1.807) is 48.5 Å². The van der Waals surface area contributed by atoms with Crippen LogP contribution < -0.4 is 5.32 Å². The Morgan fingerprint density at radius 3 is 2.47 bits per heavy atom. The predicted octanol–water partition coefficient (Wildman–Crippen LogP) is 6.91. The zero-order chi connectivity index (χ0) is 24.7. The third-order valence-corrected chi connectivity index (χ3v) is 6.79. The van der Waals surface area contributed by atoms with Crippen molar-refractivity contribution in [2.24, 2.45) is 17.8 Å². The molecule has 0 amide bonds. The Kier molecular flexibility index (Phi) is 9.33. The highest BCUT2D eigenvalue weighted by molar-refractivity contribution is 7.99. The first-order valence-electron chi connectivity index (χ1n) is 11.5. The number of nitrogens with one attached hydrogen (secondary N) is 1. The van der Waals surface area contributed by atoms with Crippen molar-refractivity contribution in [1.29, 1.82) is 0 Å². The molecule has 1 saturated carbocycles. The summed E-state index contributed by atoms with van der Waals surface area (Å²) in [4.78, 5) is 25.6. The Bertz CT molecular complexity index is 968. The highest BCUT2D eigenvalue weighted by Gasteiger charge is 2.33. The van der Waals surface area contributed by atoms with Crippen LogP contribution in [-0.2, 0) is 14.3 Å². The fraction of sp³-hybridized carbons (Fsp3) is 0.462. The summed E-state index contributed by atoms with van der Waals surface area (Å²) in [6.07, 6.45) is 2.82. The Balaban J connectivity index is 1.58. The summed E-state index contributed by atoms with van der Waals surface area (Å²) in [5.74, 6) is -2.46. The summed E-state index contributed by atoms with van der Waals surface area (Å²) < 4.78 is 36.0. The van der Waals surface area contributed by atoms with Crippen molar-refractivity contribution in [2.75, 3.05) is 11.9 Å². The molecule has 0 radical (unpaired) electrons. The highest BCUT2D eigenvalue weighted by atomic mass is 32.2. The second kappa shape index (κ2) is 12.2. The average molecular weight is 492 g/mol. The molecule has 0 saturated heterocycles. The van der Waals surface area contributed by atoms with Gasteiger partial charge in [0, 0.05) is 10.6 Å². The molecule has 34 heavy (non-hydrogen) atoms. The lowest BCUT2D eigenvalue weighted by Gasteiger charge is -2.36. The summed E-state index contributed by atoms with van der Waals surface area (Å²) in [6, 6.07) is 13.2. The van der Waals surface area contributed by atoms with Crippen LogP contribution in [0.5, 0.6) is 0 Å². The van der Waals surface area contributed by atoms with Crippen LogP contribution >= 0.6 is 11.8 Å². The van der Waals surface area contributed by atoms with Crippen LogP contribution in [0.2, 0.25) is 0 Å². The molecule has 5 nitrogen and oxygen atoms in total. The van der Waals surface area contributed by atoms with E-state index in [4.69, 9.17) is 9.47 Å². The maximum Gasteiger partial charge on any atom is 0.344 e. The number of carbonyl (C=O) groups is 2. The van der Waals surface area contributed by atoms with Gasteiger partial charge in [-0.25, -0.2) is 9.59 Å². The lowest BCUT2D eigenvalue weighted by Crippen LogP contribution is -2.36. The lowest BCUT2D eigenvalue weighted by atomic mass is 9.75. The molecule has 2 aromatic carbocycles. The maximum atomic E-state index is 12.7. The molecule has 0 spiro atoms. The molecule has 2 aromatic rings. The van der Waals surface area contributed by atoms with Crippen molar-refractivity contribution in [2.45, 2.75) is 56.8 Å². The van der Waals surface area contributed by atoms with Gasteiger partial charge in [0.05, 0.1) is 11.3 Å². The van der Waals surface area contributed by atoms with Crippen molar-refractivity contribution >= 4 is 35.1 Å². The number of hydrogen-bond donors (Lipinski definition) is 1. The van der Waals surface area contributed by atoms with Gasteiger partial charge in [0.25, 0.3) is 5.76 Å². The smallest absolute Gasteiger partial charge is 0.344 e. The van der Waals surface area contributed by atoms with E-state index < -0.39 is 24.3 Å². The molecular weight excluding hydrogens is 460 g/mol. The van der Waals surface area contributed by atoms with E-state index in [-0.39, 0.29) is 11.7 Å². The van der Waals surface area contributed by atoms with Gasteiger partial charge < -0.3 is 14.8 Å². The van der Waals surface area contributed by atoms with Crippen LogP contribution in [0.25, 0.3) is 0 Å². The third-order valence-electron chi connectivity index (χ3n) is 6.07. The average Bonchev–Trinajstić information content (AvgIpc) is 2.78. The first-order chi connectivity index (χ1) is 16.2. The van der Waals surface area contributed by atoms with Gasteiger partial charge in [0.2, 0.25) is 0 Å². The number of rotatable bonds is 9. The molecule has 1 aliphatic rings. The number of anilines is 2. The number of benzene rings is 2. The Labute approximate surface area is 203 Å². The van der Waals surface area contributed by atoms with Gasteiger partial charge in [-0.3, -0.25) is 0 Å². The zero-order valence-electron chi connectivity index (χ0n) is 19.6. The molecule has 0 aliphatic heterocycles. The molecule has 0 heterocycles. The van der Waals surface area contributed by atoms with Crippen molar-refractivity contribution in [1.82, 2.24) is 0 Å². The molecule has 0 bridgehead atoms. The summed E-state index contributed by atoms with van der Waals surface area (Å²) in [5, 5.41) is 3.10. The topological polar surface area (TPSA) is 64.6 Å². The SMILES string of the molecule is CC(C)[C@H]1CC[C@H](C)C[C@@H]1OC(=O)COC(=O)c1ccccc1Nc1ccc(SC(F)F)cc1. The van der Waals surface area contributed by atoms with E-state index in [0.29, 0.717) is 45.8 Å². The fourth-order valence-corrected chi connectivity index (χ4v) is 4.80. The summed E-state index contributed by atoms with van der Waals surface area (Å²) >= 11 is 0.466. The molecule has 184 valence electrons. The van der Waals surface area contributed by atoms with Crippen LogP contribution in [0.4, 0.5) is 20.2 Å². The van der Waals surface area contributed by atoms with E-state index in [0.717, 1.165) is 19.3 Å². The normalized spacial score (nSPS) is 20.3. The lowest BCUT2D eigenvalue weighted by molar-refractivity contribution is -0.159. The number of ether oxygens (including phenoxy) is 2. The van der Waals surface area contributed by atoms with Crippen molar-refractivity contribution in [3.63, 3.8) is 0 Å². The first-order valence-corrected chi connectivity index (χ1v) is 12.4. The van der Waals surface area contributed by atoms with Crippen LogP contribution in [0.3, 0.4) is 0 Å². The summed E-state index contributed by atoms with van der Waals surface area (Å²) in [7, 11) is 0. The van der Waals surface area contributed by atoms with Crippen LogP contribution in [-0.4, -0.2) is 30.4 Å². The molecule has 0 aromatic heterocycles. The number of para-hydroxylation sites is 1. The molecule has 8 heteroatoms. The van der Waals surface area contributed by atoms with Crippen LogP contribution in [0.1, 0.15) is 50.4 Å². The number of halogens is 2. The number of thioether (sulfide) groups is 1. The van der Waals surface area contributed by atoms with Crippen LogP contribution in [0.15, 0.2) is 53.4 Å². The maximum absolute atomic E-state index is 12.7. The number of carbonyl (C=O) groups excluding carboxylic acids is 2. The molecule has 1 aliphatic carbocycles. The first kappa shape index (κ1) is 26.0. The third kappa shape index (κ3) is 7.45. The molecule has 1 N–H and O–H groups in total. The number of hydrogen-bond acceptors (Lipinski definition) is 6. The van der Waals surface area contributed by atoms with E-state index in [2.05, 4.69) is 26.1 Å². The van der Waals surface area contributed by atoms with Gasteiger partial charge in [-0.15, -0.1) is 0 Å². The quantitative estimate of drug-likeness (QED) is 0.304. The van der Waals surface area contributed by atoms with Crippen molar-refractivity contribution in [3.05, 3.63) is 54.1 Å². The van der Waals surface area contributed by atoms with Gasteiger partial charge in [-0.2, -0.15) is 8.78 Å². The molecule has 3 rings (SSSR count). The van der Waals surface area contributed by atoms with E-state index in [1.165, 1.54) is 0 Å². The van der Waals surface area contributed by atoms with Gasteiger partial charge >= 0.3 is 11.9 Å². The summed E-state index contributed by atoms with van der Waals surface area (Å²) in [5.41, 5.74) is 1.37. The van der Waals surface area contributed by atoms with Crippen LogP contribution in [0, 0.1) is 17.8 Å². The van der Waals surface area contributed by atoms with Gasteiger partial charge in [0.1, 0.15) is 6.10 Å². The minimum atomic E-state index is -2.49. The standard InChI is InChI=1S/C26H31F2NO4S/c1-16(2)20-13-8-17(3)14-23(20)33-24(30)15-32-25(31)21-6-4-5-7-22(21)29-18-9-11-19(12-10-18)34-26(27)28/h4-7,9-12,16-17,20,23,26,29H,8,13-15H2,1-3H3/t17-,20+,23-/m0/s1. The van der Waals surface area contributed by atoms with Crippen molar-refractivity contribution in [3.8, 4) is 0 Å². The van der Waals surface area contributed by atoms with E-state index in [1.807, 2.05) is 0 Å². The molecule has 1 fully saturated rings. The minimum Gasteiger partial charge on any atom is -0.460 e. The number of esters is 2. The summed E-state index contributed by atoms with van der Waals surface area (Å²) in [6.45, 7) is 5.97. The molecule has 3 atom stereocenters. The van der Waals surface area contributed by atoms with Gasteiger partial charge in [-0.05, 0) is 67.0 Å². The predicted molar refractivity (Wildman–Crippen MR) is 130 cm³/mol. The minimum absolute atomic E-state index is 0.157. The molecular formula is C26H31F2NO4S. The number of alkyl halides is 2. The Morgan fingerprint density at radius 1 is 1.09 bits per heavy atom. The van der Waals surface area contributed by atoms with Gasteiger partial charge in [-0.1, -0.05) is 51.1 Å². The zero-order valence-corrected chi connectivity index (χ0v) is 20.4. The van der Waals surface area contributed by atoms with Gasteiger partial charge in [0.15, 0.2) is 6.61 Å². The monoisotopic (exact) mass is 491 g/mol. The Morgan fingerprint density at radius 2 is 1.79 bits per heavy atom. The second-order valence-electron chi connectivity index (χ2n) is 9.00. The Hall–Kier alpha value is -2.61. The largest absolute Gasteiger partial charge is 0.460 e. The fourth-order valence-electron chi connectivity index (χ4n) is 4.30. The van der Waals surface area contributed by atoms with Crippen molar-refractivity contribution < 1.29 is 27.8 Å². The van der Waals surface area contributed by atoms with E-state index in [9.17, 15) is 18.4 Å². The van der Waals surface area contributed by atoms with E-state index >= 15 is 0 Å². The second-order valence-corrected chi connectivity index (χ2v) is 10.1. The molecule has 0 unspecified atom stereocenters. The highest BCUT2D eigenvalue weighted by Crippen LogP contribution is 2.35.